The first-order chi connectivity index (χ1) is 9.02. The molecule has 1 aromatic carbocycles. The average Bonchev–Trinajstić information content (AvgIpc) is 2.75. The largest absolute Gasteiger partial charge is 0.365 e. The first-order valence-corrected chi connectivity index (χ1v) is 7.46. The topological polar surface area (TPSA) is 29.3 Å². The van der Waals surface area contributed by atoms with E-state index in [-0.39, 0.29) is 6.04 Å². The molecule has 2 N–H and O–H groups in total. The fourth-order valence-corrected chi connectivity index (χ4v) is 3.59. The lowest BCUT2D eigenvalue weighted by molar-refractivity contribution is 0.688. The van der Waals surface area contributed by atoms with Crippen LogP contribution < -0.4 is 10.6 Å². The molecule has 1 unspecified atom stereocenters. The first kappa shape index (κ1) is 14.1. The molecule has 0 aliphatic carbocycles. The Morgan fingerprint density at radius 2 is 1.79 bits per heavy atom. The first-order valence-electron chi connectivity index (χ1n) is 6.58. The SMILES string of the molecule is Cc1cc(C)cc(N(C)C(CN)c2sccc2C)c1. The highest BCUT2D eigenvalue weighted by Crippen LogP contribution is 2.31. The van der Waals surface area contributed by atoms with Crippen LogP contribution >= 0.6 is 11.3 Å². The molecule has 0 aliphatic rings. The lowest BCUT2D eigenvalue weighted by Crippen LogP contribution is -2.30. The van der Waals surface area contributed by atoms with Gasteiger partial charge in [-0.1, -0.05) is 6.07 Å². The van der Waals surface area contributed by atoms with E-state index in [4.69, 9.17) is 5.73 Å². The fraction of sp³-hybridized carbons (Fsp3) is 0.375. The highest BCUT2D eigenvalue weighted by Gasteiger charge is 2.19. The third kappa shape index (κ3) is 2.99. The quantitative estimate of drug-likeness (QED) is 0.918. The highest BCUT2D eigenvalue weighted by molar-refractivity contribution is 7.10. The Morgan fingerprint density at radius 3 is 2.26 bits per heavy atom. The molecule has 1 heterocycles. The Morgan fingerprint density at radius 1 is 1.16 bits per heavy atom. The molecule has 3 heteroatoms. The summed E-state index contributed by atoms with van der Waals surface area (Å²) in [6.07, 6.45) is 0. The molecule has 0 aliphatic heterocycles. The Kier molecular flexibility index (Phi) is 4.27. The molecular weight excluding hydrogens is 252 g/mol. The number of rotatable bonds is 4. The van der Waals surface area contributed by atoms with Gasteiger partial charge in [-0.3, -0.25) is 0 Å². The van der Waals surface area contributed by atoms with Crippen LogP contribution in [0.15, 0.2) is 29.6 Å². The zero-order valence-electron chi connectivity index (χ0n) is 12.1. The summed E-state index contributed by atoms with van der Waals surface area (Å²) < 4.78 is 0. The van der Waals surface area contributed by atoms with Crippen LogP contribution in [0.25, 0.3) is 0 Å². The molecule has 2 nitrogen and oxygen atoms in total. The lowest BCUT2D eigenvalue weighted by atomic mass is 10.1. The summed E-state index contributed by atoms with van der Waals surface area (Å²) in [7, 11) is 2.13. The number of nitrogens with two attached hydrogens (primary N) is 1. The maximum atomic E-state index is 6.01. The Hall–Kier alpha value is -1.32. The van der Waals surface area contributed by atoms with Crippen LogP contribution in [0.1, 0.15) is 27.6 Å². The van der Waals surface area contributed by atoms with Gasteiger partial charge in [0.2, 0.25) is 0 Å². The number of hydrogen-bond donors (Lipinski definition) is 1. The summed E-state index contributed by atoms with van der Waals surface area (Å²) in [6.45, 7) is 7.06. The monoisotopic (exact) mass is 274 g/mol. The van der Waals surface area contributed by atoms with E-state index in [1.54, 1.807) is 11.3 Å². The van der Waals surface area contributed by atoms with Gasteiger partial charge in [0.05, 0.1) is 6.04 Å². The number of nitrogens with zero attached hydrogens (tertiary/aromatic N) is 1. The molecule has 0 radical (unpaired) electrons. The van der Waals surface area contributed by atoms with Gasteiger partial charge < -0.3 is 10.6 Å². The van der Waals surface area contributed by atoms with E-state index < -0.39 is 0 Å². The smallest absolute Gasteiger partial charge is 0.0756 e. The summed E-state index contributed by atoms with van der Waals surface area (Å²) in [5.74, 6) is 0. The van der Waals surface area contributed by atoms with Gasteiger partial charge in [-0.05, 0) is 61.0 Å². The number of anilines is 1. The summed E-state index contributed by atoms with van der Waals surface area (Å²) in [6, 6.07) is 9.06. The van der Waals surface area contributed by atoms with Crippen molar-refractivity contribution in [1.29, 1.82) is 0 Å². The van der Waals surface area contributed by atoms with E-state index in [0.717, 1.165) is 0 Å². The number of thiophene rings is 1. The van der Waals surface area contributed by atoms with Gasteiger partial charge in [-0.2, -0.15) is 0 Å². The van der Waals surface area contributed by atoms with E-state index in [1.807, 2.05) is 0 Å². The molecule has 102 valence electrons. The van der Waals surface area contributed by atoms with Crippen LogP contribution in [0.3, 0.4) is 0 Å². The number of likely N-dealkylation sites (N-methyl/N-ethyl adjacent to an activating group) is 1. The minimum Gasteiger partial charge on any atom is -0.365 e. The third-order valence-electron chi connectivity index (χ3n) is 3.51. The van der Waals surface area contributed by atoms with Crippen LogP contribution in [-0.2, 0) is 0 Å². The van der Waals surface area contributed by atoms with E-state index in [1.165, 1.54) is 27.3 Å². The van der Waals surface area contributed by atoms with Crippen LogP contribution in [0, 0.1) is 20.8 Å². The second-order valence-electron chi connectivity index (χ2n) is 5.18. The van der Waals surface area contributed by atoms with Crippen LogP contribution in [-0.4, -0.2) is 13.6 Å². The van der Waals surface area contributed by atoms with Crippen molar-refractivity contribution < 1.29 is 0 Å². The van der Waals surface area contributed by atoms with Crippen LogP contribution in [0.5, 0.6) is 0 Å². The predicted molar refractivity (Wildman–Crippen MR) is 85.2 cm³/mol. The van der Waals surface area contributed by atoms with Crippen LogP contribution in [0.4, 0.5) is 5.69 Å². The molecule has 0 bridgehead atoms. The second-order valence-corrected chi connectivity index (χ2v) is 6.12. The third-order valence-corrected chi connectivity index (χ3v) is 4.63. The average molecular weight is 274 g/mol. The molecule has 1 aromatic heterocycles. The van der Waals surface area contributed by atoms with Gasteiger partial charge in [0.15, 0.2) is 0 Å². The van der Waals surface area contributed by atoms with Crippen molar-refractivity contribution in [3.05, 3.63) is 51.2 Å². The van der Waals surface area contributed by atoms with Gasteiger partial charge in [-0.25, -0.2) is 0 Å². The normalized spacial score (nSPS) is 12.5. The molecule has 2 aromatic rings. The van der Waals surface area contributed by atoms with Crippen molar-refractivity contribution in [2.75, 3.05) is 18.5 Å². The van der Waals surface area contributed by atoms with Crippen molar-refractivity contribution in [2.24, 2.45) is 5.73 Å². The molecular formula is C16H22N2S. The maximum Gasteiger partial charge on any atom is 0.0756 e. The van der Waals surface area contributed by atoms with Crippen molar-refractivity contribution in [3.8, 4) is 0 Å². The minimum atomic E-state index is 0.251. The summed E-state index contributed by atoms with van der Waals surface area (Å²) in [5, 5.41) is 2.14. The minimum absolute atomic E-state index is 0.251. The lowest BCUT2D eigenvalue weighted by Gasteiger charge is -2.29. The number of benzene rings is 1. The maximum absolute atomic E-state index is 6.01. The Labute approximate surface area is 119 Å². The standard InChI is InChI=1S/C16H22N2S/c1-11-7-12(2)9-14(8-11)18(4)15(10-17)16-13(3)5-6-19-16/h5-9,15H,10,17H2,1-4H3. The van der Waals surface area contributed by atoms with Gasteiger partial charge in [0.1, 0.15) is 0 Å². The number of hydrogen-bond acceptors (Lipinski definition) is 3. The van der Waals surface area contributed by atoms with Crippen molar-refractivity contribution in [2.45, 2.75) is 26.8 Å². The van der Waals surface area contributed by atoms with Gasteiger partial charge >= 0.3 is 0 Å². The Balaban J connectivity index is 2.35. The van der Waals surface area contributed by atoms with Gasteiger partial charge in [0.25, 0.3) is 0 Å². The second kappa shape index (κ2) is 5.76. The molecule has 1 atom stereocenters. The van der Waals surface area contributed by atoms with Crippen molar-refractivity contribution >= 4 is 17.0 Å². The van der Waals surface area contributed by atoms with Gasteiger partial charge in [-0.15, -0.1) is 11.3 Å². The molecule has 2 rings (SSSR count). The summed E-state index contributed by atoms with van der Waals surface area (Å²) in [5.41, 5.74) is 11.2. The predicted octanol–water partition coefficient (Wildman–Crippen LogP) is 3.81. The van der Waals surface area contributed by atoms with Crippen molar-refractivity contribution in [1.82, 2.24) is 0 Å². The zero-order valence-corrected chi connectivity index (χ0v) is 12.9. The zero-order chi connectivity index (χ0) is 14.0. The van der Waals surface area contributed by atoms with Crippen LogP contribution in [0.2, 0.25) is 0 Å². The van der Waals surface area contributed by atoms with E-state index in [2.05, 4.69) is 62.4 Å². The number of aryl methyl sites for hydroxylation is 3. The summed E-state index contributed by atoms with van der Waals surface area (Å²) >= 11 is 1.79. The van der Waals surface area contributed by atoms with E-state index in [9.17, 15) is 0 Å². The molecule has 0 saturated carbocycles. The van der Waals surface area contributed by atoms with Gasteiger partial charge in [0, 0.05) is 24.2 Å². The molecule has 0 fully saturated rings. The van der Waals surface area contributed by atoms with Crippen molar-refractivity contribution in [3.63, 3.8) is 0 Å². The fourth-order valence-electron chi connectivity index (χ4n) is 2.50. The highest BCUT2D eigenvalue weighted by atomic mass is 32.1. The van der Waals surface area contributed by atoms with E-state index >= 15 is 0 Å². The Bertz CT molecular complexity index is 539. The molecule has 0 saturated heterocycles. The molecule has 0 amide bonds. The van der Waals surface area contributed by atoms with E-state index in [0.29, 0.717) is 6.54 Å². The molecule has 19 heavy (non-hydrogen) atoms. The summed E-state index contributed by atoms with van der Waals surface area (Å²) in [4.78, 5) is 3.66. The molecule has 0 spiro atoms.